The van der Waals surface area contributed by atoms with E-state index in [-0.39, 0.29) is 18.3 Å². The number of benzene rings is 1. The van der Waals surface area contributed by atoms with Crippen LogP contribution in [0.4, 0.5) is 0 Å². The van der Waals surface area contributed by atoms with Gasteiger partial charge in [-0.2, -0.15) is 0 Å². The zero-order valence-electron chi connectivity index (χ0n) is 12.7. The van der Waals surface area contributed by atoms with Crippen LogP contribution in [0.1, 0.15) is 23.2 Å². The summed E-state index contributed by atoms with van der Waals surface area (Å²) in [5.41, 5.74) is 0.559. The number of likely N-dealkylation sites (tertiary alicyclic amines) is 1. The van der Waals surface area contributed by atoms with Crippen LogP contribution in [0.15, 0.2) is 18.2 Å². The van der Waals surface area contributed by atoms with Crippen molar-refractivity contribution in [2.75, 3.05) is 34.4 Å². The molecule has 1 aliphatic heterocycles. The van der Waals surface area contributed by atoms with Crippen molar-refractivity contribution >= 4 is 18.3 Å². The summed E-state index contributed by atoms with van der Waals surface area (Å²) in [6.07, 6.45) is 2.12. The second-order valence-electron chi connectivity index (χ2n) is 4.95. The predicted molar refractivity (Wildman–Crippen MR) is 84.8 cm³/mol. The summed E-state index contributed by atoms with van der Waals surface area (Å²) in [5, 5.41) is 3.24. The monoisotopic (exact) mass is 314 g/mol. The molecule has 1 aromatic rings. The summed E-state index contributed by atoms with van der Waals surface area (Å²) >= 11 is 0. The van der Waals surface area contributed by atoms with E-state index in [1.165, 1.54) is 0 Å². The first-order valence-corrected chi connectivity index (χ1v) is 6.88. The Kier molecular flexibility index (Phi) is 6.78. The number of piperidine rings is 1. The van der Waals surface area contributed by atoms with Gasteiger partial charge in [0.25, 0.3) is 5.91 Å². The van der Waals surface area contributed by atoms with Gasteiger partial charge in [0, 0.05) is 19.1 Å². The highest BCUT2D eigenvalue weighted by atomic mass is 35.5. The minimum absolute atomic E-state index is 0. The first-order chi connectivity index (χ1) is 9.69. The smallest absolute Gasteiger partial charge is 0.257 e. The Morgan fingerprint density at radius 2 is 2.10 bits per heavy atom. The molecule has 1 N–H and O–H groups in total. The third-order valence-electron chi connectivity index (χ3n) is 3.75. The van der Waals surface area contributed by atoms with E-state index >= 15 is 0 Å². The zero-order valence-corrected chi connectivity index (χ0v) is 13.5. The van der Waals surface area contributed by atoms with Gasteiger partial charge in [0.05, 0.1) is 19.8 Å². The lowest BCUT2D eigenvalue weighted by Crippen LogP contribution is -2.47. The van der Waals surface area contributed by atoms with Gasteiger partial charge in [-0.05, 0) is 38.1 Å². The number of carbonyl (C=O) groups excluding carboxylic acids is 1. The van der Waals surface area contributed by atoms with Crippen LogP contribution in [-0.4, -0.2) is 51.2 Å². The Bertz CT molecular complexity index is 482. The van der Waals surface area contributed by atoms with Crippen LogP contribution in [0, 0.1) is 0 Å². The van der Waals surface area contributed by atoms with Gasteiger partial charge < -0.3 is 19.7 Å². The van der Waals surface area contributed by atoms with Gasteiger partial charge in [-0.1, -0.05) is 0 Å². The second-order valence-corrected chi connectivity index (χ2v) is 4.95. The molecule has 2 rings (SSSR count). The maximum Gasteiger partial charge on any atom is 0.257 e. The highest BCUT2D eigenvalue weighted by molar-refractivity contribution is 5.97. The topological polar surface area (TPSA) is 50.8 Å². The fourth-order valence-electron chi connectivity index (χ4n) is 2.55. The van der Waals surface area contributed by atoms with E-state index in [9.17, 15) is 4.79 Å². The molecule has 1 atom stereocenters. The van der Waals surface area contributed by atoms with Crippen molar-refractivity contribution < 1.29 is 14.3 Å². The molecular formula is C15H23ClN2O3. The predicted octanol–water partition coefficient (Wildman–Crippen LogP) is 1.95. The van der Waals surface area contributed by atoms with Gasteiger partial charge in [0.15, 0.2) is 0 Å². The standard InChI is InChI=1S/C15H22N2O3.ClH/c1-16-11-5-4-8-17(10-11)15(18)13-9-12(19-2)6-7-14(13)20-3;/h6-7,9,11,16H,4-5,8,10H2,1-3H3;1H. The Morgan fingerprint density at radius 1 is 1.33 bits per heavy atom. The fourth-order valence-corrected chi connectivity index (χ4v) is 2.55. The van der Waals surface area contributed by atoms with Gasteiger partial charge in [0.2, 0.25) is 0 Å². The van der Waals surface area contributed by atoms with Crippen molar-refractivity contribution in [1.29, 1.82) is 0 Å². The molecule has 0 aliphatic carbocycles. The fraction of sp³-hybridized carbons (Fsp3) is 0.533. The van der Waals surface area contributed by atoms with Crippen LogP contribution >= 0.6 is 12.4 Å². The van der Waals surface area contributed by atoms with Crippen LogP contribution in [-0.2, 0) is 0 Å². The summed E-state index contributed by atoms with van der Waals surface area (Å²) in [5.74, 6) is 1.25. The van der Waals surface area contributed by atoms with Crippen LogP contribution in [0.3, 0.4) is 0 Å². The number of likely N-dealkylation sites (N-methyl/N-ethyl adjacent to an activating group) is 1. The highest BCUT2D eigenvalue weighted by Gasteiger charge is 2.25. The molecule has 1 fully saturated rings. The first kappa shape index (κ1) is 17.6. The Balaban J connectivity index is 0.00000220. The van der Waals surface area contributed by atoms with Gasteiger partial charge in [0.1, 0.15) is 11.5 Å². The molecule has 5 nitrogen and oxygen atoms in total. The van der Waals surface area contributed by atoms with E-state index < -0.39 is 0 Å². The highest BCUT2D eigenvalue weighted by Crippen LogP contribution is 2.26. The third kappa shape index (κ3) is 4.02. The van der Waals surface area contributed by atoms with E-state index in [1.807, 2.05) is 11.9 Å². The van der Waals surface area contributed by atoms with E-state index in [2.05, 4.69) is 5.32 Å². The molecule has 1 aliphatic rings. The maximum absolute atomic E-state index is 12.7. The molecule has 118 valence electrons. The molecule has 0 saturated carbocycles. The number of amides is 1. The van der Waals surface area contributed by atoms with Crippen molar-refractivity contribution in [3.63, 3.8) is 0 Å². The number of nitrogens with zero attached hydrogens (tertiary/aromatic N) is 1. The molecule has 0 bridgehead atoms. The van der Waals surface area contributed by atoms with Crippen molar-refractivity contribution in [1.82, 2.24) is 10.2 Å². The largest absolute Gasteiger partial charge is 0.497 e. The molecule has 21 heavy (non-hydrogen) atoms. The Hall–Kier alpha value is -1.46. The van der Waals surface area contributed by atoms with Crippen molar-refractivity contribution in [2.45, 2.75) is 18.9 Å². The van der Waals surface area contributed by atoms with Gasteiger partial charge in [-0.15, -0.1) is 12.4 Å². The molecule has 1 saturated heterocycles. The Labute approximate surface area is 132 Å². The summed E-state index contributed by atoms with van der Waals surface area (Å²) in [4.78, 5) is 14.5. The average molecular weight is 315 g/mol. The molecule has 0 radical (unpaired) electrons. The molecule has 0 aromatic heterocycles. The number of halogens is 1. The SMILES string of the molecule is CNC1CCCN(C(=O)c2cc(OC)ccc2OC)C1.Cl. The molecule has 1 unspecified atom stereocenters. The van der Waals surface area contributed by atoms with Crippen molar-refractivity contribution in [3.05, 3.63) is 23.8 Å². The molecule has 1 heterocycles. The quantitative estimate of drug-likeness (QED) is 0.923. The zero-order chi connectivity index (χ0) is 14.5. The molecule has 1 aromatic carbocycles. The number of nitrogens with one attached hydrogen (secondary N) is 1. The van der Waals surface area contributed by atoms with E-state index in [0.29, 0.717) is 23.1 Å². The second kappa shape index (κ2) is 8.10. The van der Waals surface area contributed by atoms with Crippen LogP contribution in [0.5, 0.6) is 11.5 Å². The minimum atomic E-state index is 0. The molecule has 6 heteroatoms. The number of hydrogen-bond donors (Lipinski definition) is 1. The number of hydrogen-bond acceptors (Lipinski definition) is 4. The van der Waals surface area contributed by atoms with Crippen LogP contribution in [0.2, 0.25) is 0 Å². The van der Waals surface area contributed by atoms with E-state index in [4.69, 9.17) is 9.47 Å². The molecular weight excluding hydrogens is 292 g/mol. The molecule has 1 amide bonds. The third-order valence-corrected chi connectivity index (χ3v) is 3.75. The summed E-state index contributed by atoms with van der Waals surface area (Å²) < 4.78 is 10.5. The number of carbonyl (C=O) groups is 1. The normalized spacial score (nSPS) is 17.9. The lowest BCUT2D eigenvalue weighted by atomic mass is 10.0. The number of methoxy groups -OCH3 is 2. The van der Waals surface area contributed by atoms with E-state index in [1.54, 1.807) is 32.4 Å². The summed E-state index contributed by atoms with van der Waals surface area (Å²) in [7, 11) is 5.10. The van der Waals surface area contributed by atoms with Gasteiger partial charge in [-0.25, -0.2) is 0 Å². The first-order valence-electron chi connectivity index (χ1n) is 6.88. The summed E-state index contributed by atoms with van der Waals surface area (Å²) in [6, 6.07) is 5.67. The molecule has 0 spiro atoms. The maximum atomic E-state index is 12.7. The number of ether oxygens (including phenoxy) is 2. The van der Waals surface area contributed by atoms with E-state index in [0.717, 1.165) is 25.9 Å². The average Bonchev–Trinajstić information content (AvgIpc) is 2.53. The summed E-state index contributed by atoms with van der Waals surface area (Å²) in [6.45, 7) is 1.52. The lowest BCUT2D eigenvalue weighted by molar-refractivity contribution is 0.0694. The number of rotatable bonds is 4. The van der Waals surface area contributed by atoms with Crippen LogP contribution in [0.25, 0.3) is 0 Å². The Morgan fingerprint density at radius 3 is 2.71 bits per heavy atom. The van der Waals surface area contributed by atoms with Crippen LogP contribution < -0.4 is 14.8 Å². The van der Waals surface area contributed by atoms with Crippen molar-refractivity contribution in [3.8, 4) is 11.5 Å². The van der Waals surface area contributed by atoms with Gasteiger partial charge >= 0.3 is 0 Å². The minimum Gasteiger partial charge on any atom is -0.497 e. The van der Waals surface area contributed by atoms with Crippen molar-refractivity contribution in [2.24, 2.45) is 0 Å². The van der Waals surface area contributed by atoms with Gasteiger partial charge in [-0.3, -0.25) is 4.79 Å². The lowest BCUT2D eigenvalue weighted by Gasteiger charge is -2.33.